The number of benzene rings is 1. The van der Waals surface area contributed by atoms with Crippen LogP contribution in [0.3, 0.4) is 0 Å². The lowest BCUT2D eigenvalue weighted by Crippen LogP contribution is -2.35. The maximum Gasteiger partial charge on any atom is 0.415 e. The van der Waals surface area contributed by atoms with E-state index in [2.05, 4.69) is 13.8 Å². The summed E-state index contributed by atoms with van der Waals surface area (Å²) >= 11 is 0. The van der Waals surface area contributed by atoms with Crippen LogP contribution in [0.1, 0.15) is 104 Å². The van der Waals surface area contributed by atoms with Gasteiger partial charge in [-0.25, -0.2) is 4.79 Å². The second kappa shape index (κ2) is 17.6. The molecule has 0 N–H and O–H groups in total. The predicted molar refractivity (Wildman–Crippen MR) is 120 cm³/mol. The SMILES string of the molecule is CCCCCCCCCCN(CCCCCCCC)C(=O)Oc1ccccc1. The number of amides is 1. The van der Waals surface area contributed by atoms with Gasteiger partial charge in [0.05, 0.1) is 0 Å². The minimum Gasteiger partial charge on any atom is -0.410 e. The molecule has 0 radical (unpaired) electrons. The van der Waals surface area contributed by atoms with Crippen LogP contribution in [0.25, 0.3) is 0 Å². The molecule has 0 aliphatic rings. The molecule has 3 heteroatoms. The minimum atomic E-state index is -0.192. The van der Waals surface area contributed by atoms with E-state index >= 15 is 0 Å². The number of ether oxygens (including phenoxy) is 1. The average molecular weight is 390 g/mol. The molecule has 1 aromatic rings. The van der Waals surface area contributed by atoms with Crippen molar-refractivity contribution in [1.29, 1.82) is 0 Å². The number of rotatable bonds is 17. The molecule has 0 spiro atoms. The largest absolute Gasteiger partial charge is 0.415 e. The van der Waals surface area contributed by atoms with Gasteiger partial charge in [-0.1, -0.05) is 109 Å². The van der Waals surface area contributed by atoms with Gasteiger partial charge in [-0.15, -0.1) is 0 Å². The molecule has 0 heterocycles. The lowest BCUT2D eigenvalue weighted by atomic mass is 10.1. The molecular formula is C25H43NO2. The van der Waals surface area contributed by atoms with Gasteiger partial charge in [-0.3, -0.25) is 0 Å². The molecule has 0 aliphatic heterocycles. The van der Waals surface area contributed by atoms with E-state index in [1.54, 1.807) is 0 Å². The van der Waals surface area contributed by atoms with Gasteiger partial charge in [-0.05, 0) is 25.0 Å². The van der Waals surface area contributed by atoms with Crippen LogP contribution < -0.4 is 4.74 Å². The zero-order valence-corrected chi connectivity index (χ0v) is 18.5. The zero-order valence-electron chi connectivity index (χ0n) is 18.5. The van der Waals surface area contributed by atoms with Crippen molar-refractivity contribution in [3.63, 3.8) is 0 Å². The Balaban J connectivity index is 2.32. The summed E-state index contributed by atoms with van der Waals surface area (Å²) in [6.07, 6.45) is 17.5. The average Bonchev–Trinajstić information content (AvgIpc) is 2.71. The molecule has 1 amide bonds. The van der Waals surface area contributed by atoms with Crippen LogP contribution in [0.5, 0.6) is 5.75 Å². The standard InChI is InChI=1S/C25H43NO2/c1-3-5-7-9-11-12-14-19-23-26(22-18-13-10-8-6-4-2)25(27)28-24-20-16-15-17-21-24/h15-17,20-21H,3-14,18-19,22-23H2,1-2H3. The second-order valence-electron chi connectivity index (χ2n) is 7.91. The lowest BCUT2D eigenvalue weighted by molar-refractivity contribution is 0.150. The van der Waals surface area contributed by atoms with E-state index in [4.69, 9.17) is 4.74 Å². The molecule has 0 bridgehead atoms. The number of hydrogen-bond acceptors (Lipinski definition) is 2. The molecule has 0 saturated heterocycles. The number of nitrogens with zero attached hydrogens (tertiary/aromatic N) is 1. The van der Waals surface area contributed by atoms with E-state index in [1.807, 2.05) is 35.2 Å². The number of carbonyl (C=O) groups excluding carboxylic acids is 1. The van der Waals surface area contributed by atoms with Crippen molar-refractivity contribution >= 4 is 6.09 Å². The first kappa shape index (κ1) is 24.5. The molecule has 160 valence electrons. The summed E-state index contributed by atoms with van der Waals surface area (Å²) in [5, 5.41) is 0. The summed E-state index contributed by atoms with van der Waals surface area (Å²) in [7, 11) is 0. The van der Waals surface area contributed by atoms with Crippen molar-refractivity contribution in [1.82, 2.24) is 4.90 Å². The molecule has 0 unspecified atom stereocenters. The summed E-state index contributed by atoms with van der Waals surface area (Å²) in [6.45, 7) is 6.13. The van der Waals surface area contributed by atoms with Crippen molar-refractivity contribution in [2.75, 3.05) is 13.1 Å². The molecule has 0 saturated carbocycles. The van der Waals surface area contributed by atoms with Gasteiger partial charge in [0.15, 0.2) is 0 Å². The van der Waals surface area contributed by atoms with Gasteiger partial charge in [0.25, 0.3) is 0 Å². The molecule has 0 atom stereocenters. The Kier molecular flexibility index (Phi) is 15.4. The van der Waals surface area contributed by atoms with Crippen LogP contribution in [0.4, 0.5) is 4.79 Å². The highest BCUT2D eigenvalue weighted by atomic mass is 16.6. The Morgan fingerprint density at radius 2 is 1.11 bits per heavy atom. The van der Waals surface area contributed by atoms with Gasteiger partial charge in [0.2, 0.25) is 0 Å². The Morgan fingerprint density at radius 3 is 1.57 bits per heavy atom. The molecule has 1 aromatic carbocycles. The van der Waals surface area contributed by atoms with Crippen LogP contribution >= 0.6 is 0 Å². The number of unbranched alkanes of at least 4 members (excludes halogenated alkanes) is 12. The number of hydrogen-bond donors (Lipinski definition) is 0. The van der Waals surface area contributed by atoms with E-state index in [0.717, 1.165) is 25.9 Å². The molecule has 0 aromatic heterocycles. The molecule has 28 heavy (non-hydrogen) atoms. The first-order valence-electron chi connectivity index (χ1n) is 11.8. The third-order valence-electron chi connectivity index (χ3n) is 5.27. The van der Waals surface area contributed by atoms with Crippen molar-refractivity contribution in [2.24, 2.45) is 0 Å². The predicted octanol–water partition coefficient (Wildman–Crippen LogP) is 7.99. The van der Waals surface area contributed by atoms with Crippen LogP contribution in [-0.4, -0.2) is 24.1 Å². The highest BCUT2D eigenvalue weighted by molar-refractivity contribution is 5.70. The third-order valence-corrected chi connectivity index (χ3v) is 5.27. The van der Waals surface area contributed by atoms with E-state index in [1.165, 1.54) is 77.0 Å². The normalized spacial score (nSPS) is 10.8. The van der Waals surface area contributed by atoms with Crippen molar-refractivity contribution < 1.29 is 9.53 Å². The maximum atomic E-state index is 12.6. The summed E-state index contributed by atoms with van der Waals surface area (Å²) in [6, 6.07) is 9.43. The first-order chi connectivity index (χ1) is 13.8. The lowest BCUT2D eigenvalue weighted by Gasteiger charge is -2.22. The van der Waals surface area contributed by atoms with Crippen LogP contribution in [-0.2, 0) is 0 Å². The van der Waals surface area contributed by atoms with Crippen molar-refractivity contribution in [2.45, 2.75) is 104 Å². The highest BCUT2D eigenvalue weighted by Crippen LogP contribution is 2.14. The molecule has 3 nitrogen and oxygen atoms in total. The Morgan fingerprint density at radius 1 is 0.679 bits per heavy atom. The molecule has 0 aliphatic carbocycles. The van der Waals surface area contributed by atoms with Gasteiger partial charge in [0.1, 0.15) is 5.75 Å². The summed E-state index contributed by atoms with van der Waals surface area (Å²) in [5.74, 6) is 0.636. The summed E-state index contributed by atoms with van der Waals surface area (Å²) < 4.78 is 5.58. The third kappa shape index (κ3) is 12.8. The number of para-hydroxylation sites is 1. The Hall–Kier alpha value is -1.51. The fourth-order valence-electron chi connectivity index (χ4n) is 3.47. The van der Waals surface area contributed by atoms with E-state index in [9.17, 15) is 4.79 Å². The van der Waals surface area contributed by atoms with Crippen molar-refractivity contribution in [3.05, 3.63) is 30.3 Å². The van der Waals surface area contributed by atoms with Gasteiger partial charge in [-0.2, -0.15) is 0 Å². The Bertz CT molecular complexity index is 475. The van der Waals surface area contributed by atoms with E-state index in [-0.39, 0.29) is 6.09 Å². The zero-order chi connectivity index (χ0) is 20.3. The maximum absolute atomic E-state index is 12.6. The van der Waals surface area contributed by atoms with E-state index < -0.39 is 0 Å². The first-order valence-corrected chi connectivity index (χ1v) is 11.8. The van der Waals surface area contributed by atoms with E-state index in [0.29, 0.717) is 5.75 Å². The number of carbonyl (C=O) groups is 1. The Labute approximate surface area is 173 Å². The highest BCUT2D eigenvalue weighted by Gasteiger charge is 2.15. The van der Waals surface area contributed by atoms with Gasteiger partial charge >= 0.3 is 6.09 Å². The second-order valence-corrected chi connectivity index (χ2v) is 7.91. The van der Waals surface area contributed by atoms with Gasteiger partial charge < -0.3 is 9.64 Å². The quantitative estimate of drug-likeness (QED) is 0.253. The smallest absolute Gasteiger partial charge is 0.410 e. The monoisotopic (exact) mass is 389 g/mol. The van der Waals surface area contributed by atoms with Gasteiger partial charge in [0, 0.05) is 13.1 Å². The van der Waals surface area contributed by atoms with Crippen LogP contribution in [0.2, 0.25) is 0 Å². The molecule has 0 fully saturated rings. The summed E-state index contributed by atoms with van der Waals surface area (Å²) in [4.78, 5) is 14.5. The van der Waals surface area contributed by atoms with Crippen LogP contribution in [0.15, 0.2) is 30.3 Å². The van der Waals surface area contributed by atoms with Crippen LogP contribution in [0, 0.1) is 0 Å². The fourth-order valence-corrected chi connectivity index (χ4v) is 3.47. The molecule has 1 rings (SSSR count). The van der Waals surface area contributed by atoms with Crippen molar-refractivity contribution in [3.8, 4) is 5.75 Å². The minimum absolute atomic E-state index is 0.192. The fraction of sp³-hybridized carbons (Fsp3) is 0.720. The summed E-state index contributed by atoms with van der Waals surface area (Å²) in [5.41, 5.74) is 0. The topological polar surface area (TPSA) is 29.5 Å². The molecular weight excluding hydrogens is 346 g/mol.